The van der Waals surface area contributed by atoms with Crippen LogP contribution in [-0.2, 0) is 9.47 Å². The maximum Gasteiger partial charge on any atom is 0.0883 e. The van der Waals surface area contributed by atoms with Gasteiger partial charge in [0.1, 0.15) is 0 Å². The number of ether oxygens (including phenoxy) is 2. The van der Waals surface area contributed by atoms with E-state index in [4.69, 9.17) is 9.47 Å². The van der Waals surface area contributed by atoms with Gasteiger partial charge in [0.2, 0.25) is 0 Å². The second kappa shape index (κ2) is 7.15. The Kier molecular flexibility index (Phi) is 5.27. The van der Waals surface area contributed by atoms with Crippen molar-refractivity contribution in [1.82, 2.24) is 0 Å². The van der Waals surface area contributed by atoms with Crippen LogP contribution in [0.4, 0.5) is 0 Å². The molecule has 0 radical (unpaired) electrons. The van der Waals surface area contributed by atoms with Crippen molar-refractivity contribution in [3.63, 3.8) is 0 Å². The van der Waals surface area contributed by atoms with E-state index >= 15 is 0 Å². The van der Waals surface area contributed by atoms with Gasteiger partial charge in [-0.3, -0.25) is 0 Å². The summed E-state index contributed by atoms with van der Waals surface area (Å²) in [6, 6.07) is 0. The maximum atomic E-state index is 11.1. The average molecular weight is 377 g/mol. The average Bonchev–Trinajstić information content (AvgIpc) is 2.99. The highest BCUT2D eigenvalue weighted by molar-refractivity contribution is 5.24. The summed E-state index contributed by atoms with van der Waals surface area (Å²) in [6.07, 6.45) is 13.3. The smallest absolute Gasteiger partial charge is 0.0883 e. The first-order valence-electron chi connectivity index (χ1n) is 11.3. The second-order valence-corrected chi connectivity index (χ2v) is 10.5. The Bertz CT molecular complexity index is 586. The van der Waals surface area contributed by atoms with E-state index in [2.05, 4.69) is 19.9 Å². The number of allylic oxidation sites excluding steroid dienone is 2. The van der Waals surface area contributed by atoms with Crippen molar-refractivity contribution in [2.24, 2.45) is 34.5 Å². The minimum Gasteiger partial charge on any atom is -0.387 e. The summed E-state index contributed by atoms with van der Waals surface area (Å²) in [4.78, 5) is 0. The molecule has 3 nitrogen and oxygen atoms in total. The van der Waals surface area contributed by atoms with E-state index in [-0.39, 0.29) is 5.41 Å². The molecule has 0 heterocycles. The van der Waals surface area contributed by atoms with Crippen LogP contribution in [0, 0.1) is 34.5 Å². The van der Waals surface area contributed by atoms with Gasteiger partial charge in [0, 0.05) is 14.2 Å². The van der Waals surface area contributed by atoms with Crippen molar-refractivity contribution in [1.29, 1.82) is 0 Å². The molecule has 0 spiro atoms. The molecular formula is C24H40O3. The topological polar surface area (TPSA) is 38.7 Å². The van der Waals surface area contributed by atoms with Gasteiger partial charge in [-0.05, 0) is 99.2 Å². The molecule has 0 aliphatic heterocycles. The molecule has 0 bridgehead atoms. The lowest BCUT2D eigenvalue weighted by Crippen LogP contribution is -2.59. The van der Waals surface area contributed by atoms with Crippen molar-refractivity contribution in [3.8, 4) is 0 Å². The Morgan fingerprint density at radius 2 is 1.78 bits per heavy atom. The quantitative estimate of drug-likeness (QED) is 0.703. The lowest BCUT2D eigenvalue weighted by Gasteiger charge is -2.62. The van der Waals surface area contributed by atoms with Crippen molar-refractivity contribution in [2.45, 2.75) is 77.2 Å². The molecule has 4 fully saturated rings. The largest absolute Gasteiger partial charge is 0.387 e. The molecule has 27 heavy (non-hydrogen) atoms. The molecule has 0 saturated heterocycles. The first kappa shape index (κ1) is 19.9. The second-order valence-electron chi connectivity index (χ2n) is 10.5. The molecule has 0 unspecified atom stereocenters. The monoisotopic (exact) mass is 376 g/mol. The summed E-state index contributed by atoms with van der Waals surface area (Å²) in [5.74, 6) is 3.07. The number of hydrogen-bond acceptors (Lipinski definition) is 3. The number of fused-ring (bicyclic) bond motifs is 5. The van der Waals surface area contributed by atoms with E-state index in [9.17, 15) is 5.11 Å². The minimum atomic E-state index is -0.627. The highest BCUT2D eigenvalue weighted by atomic mass is 16.5. The zero-order valence-electron chi connectivity index (χ0n) is 17.9. The highest BCUT2D eigenvalue weighted by Crippen LogP contribution is 2.68. The van der Waals surface area contributed by atoms with Gasteiger partial charge in [0.05, 0.1) is 18.8 Å². The van der Waals surface area contributed by atoms with Crippen molar-refractivity contribution < 1.29 is 14.6 Å². The first-order valence-corrected chi connectivity index (χ1v) is 11.3. The van der Waals surface area contributed by atoms with Gasteiger partial charge in [-0.2, -0.15) is 0 Å². The molecule has 4 aliphatic carbocycles. The molecular weight excluding hydrogens is 336 g/mol. The van der Waals surface area contributed by atoms with Gasteiger partial charge in [-0.1, -0.05) is 18.6 Å². The van der Waals surface area contributed by atoms with E-state index in [0.717, 1.165) is 43.6 Å². The summed E-state index contributed by atoms with van der Waals surface area (Å²) in [6.45, 7) is 6.16. The predicted molar refractivity (Wildman–Crippen MR) is 109 cm³/mol. The van der Waals surface area contributed by atoms with Crippen LogP contribution in [0.1, 0.15) is 71.6 Å². The predicted octanol–water partition coefficient (Wildman–Crippen LogP) is 4.98. The molecule has 3 heteroatoms. The molecule has 0 aromatic rings. The standard InChI is InChI=1S/C24H40O3/c1-5-17-7-9-20-19-8-6-18-14-23(25,15-26-3)12-13-24(18,16-27-4)21(19)10-11-22(17,20)2/h5,18-21,25H,6-16H2,1-4H3/b17-5-/t18-,19+,20+,21+,22-,23-,24-/m1/s1. The Morgan fingerprint density at radius 1 is 1.00 bits per heavy atom. The van der Waals surface area contributed by atoms with Gasteiger partial charge in [-0.15, -0.1) is 0 Å². The Hall–Kier alpha value is -0.380. The van der Waals surface area contributed by atoms with Crippen LogP contribution in [0.25, 0.3) is 0 Å². The minimum absolute atomic E-state index is 0.275. The van der Waals surface area contributed by atoms with Crippen molar-refractivity contribution in [3.05, 3.63) is 11.6 Å². The molecule has 4 aliphatic rings. The van der Waals surface area contributed by atoms with Crippen molar-refractivity contribution in [2.75, 3.05) is 27.4 Å². The summed E-state index contributed by atoms with van der Waals surface area (Å²) in [5.41, 5.74) is 1.82. The van der Waals surface area contributed by atoms with Gasteiger partial charge in [-0.25, -0.2) is 0 Å². The fourth-order valence-corrected chi connectivity index (χ4v) is 8.40. The van der Waals surface area contributed by atoms with E-state index in [1.165, 1.54) is 38.5 Å². The number of methoxy groups -OCH3 is 2. The maximum absolute atomic E-state index is 11.1. The first-order chi connectivity index (χ1) is 12.9. The molecule has 0 amide bonds. The van der Waals surface area contributed by atoms with Crippen LogP contribution in [-0.4, -0.2) is 38.1 Å². The van der Waals surface area contributed by atoms with Gasteiger partial charge >= 0.3 is 0 Å². The van der Waals surface area contributed by atoms with Gasteiger partial charge < -0.3 is 14.6 Å². The molecule has 154 valence electrons. The molecule has 0 aromatic carbocycles. The highest BCUT2D eigenvalue weighted by Gasteiger charge is 2.61. The molecule has 1 N–H and O–H groups in total. The molecule has 4 saturated carbocycles. The molecule has 7 atom stereocenters. The van der Waals surface area contributed by atoms with Crippen LogP contribution in [0.15, 0.2) is 11.6 Å². The van der Waals surface area contributed by atoms with Crippen molar-refractivity contribution >= 4 is 0 Å². The number of hydrogen-bond donors (Lipinski definition) is 1. The lowest BCUT2D eigenvalue weighted by atomic mass is 9.44. The van der Waals surface area contributed by atoms with Gasteiger partial charge in [0.25, 0.3) is 0 Å². The van der Waals surface area contributed by atoms with Crippen LogP contribution in [0.5, 0.6) is 0 Å². The zero-order valence-corrected chi connectivity index (χ0v) is 17.9. The summed E-state index contributed by atoms with van der Waals surface area (Å²) in [7, 11) is 3.60. The van der Waals surface area contributed by atoms with Crippen LogP contribution in [0.2, 0.25) is 0 Å². The SMILES string of the molecule is C/C=C1/CC[C@H]2[C@@H]3CC[C@@H]4C[C@@](O)(COC)CC[C@]4(COC)[C@H]3CC[C@]12C. The Balaban J connectivity index is 1.63. The third-order valence-electron chi connectivity index (χ3n) is 9.54. The fraction of sp³-hybridized carbons (Fsp3) is 0.917. The Morgan fingerprint density at radius 3 is 2.48 bits per heavy atom. The Labute approximate surface area is 165 Å². The summed E-state index contributed by atoms with van der Waals surface area (Å²) < 4.78 is 11.2. The fourth-order valence-electron chi connectivity index (χ4n) is 8.40. The molecule has 4 rings (SSSR count). The van der Waals surface area contributed by atoms with E-state index in [1.54, 1.807) is 12.7 Å². The normalized spacial score (nSPS) is 50.9. The summed E-state index contributed by atoms with van der Waals surface area (Å²) in [5, 5.41) is 11.1. The number of aliphatic hydroxyl groups is 1. The third kappa shape index (κ3) is 2.95. The number of rotatable bonds is 4. The summed E-state index contributed by atoms with van der Waals surface area (Å²) >= 11 is 0. The lowest BCUT2D eigenvalue weighted by molar-refractivity contribution is -0.182. The van der Waals surface area contributed by atoms with Gasteiger partial charge in [0.15, 0.2) is 0 Å². The van der Waals surface area contributed by atoms with E-state index < -0.39 is 5.60 Å². The van der Waals surface area contributed by atoms with E-state index in [1.807, 2.05) is 7.11 Å². The van der Waals surface area contributed by atoms with Crippen LogP contribution in [0.3, 0.4) is 0 Å². The van der Waals surface area contributed by atoms with E-state index in [0.29, 0.717) is 17.9 Å². The van der Waals surface area contributed by atoms with Crippen LogP contribution < -0.4 is 0 Å². The van der Waals surface area contributed by atoms with Crippen LogP contribution >= 0.6 is 0 Å². The third-order valence-corrected chi connectivity index (χ3v) is 9.54. The zero-order chi connectivity index (χ0) is 19.3. The molecule has 0 aromatic heterocycles.